The number of rotatable bonds is 11. The molecule has 0 radical (unpaired) electrons. The first kappa shape index (κ1) is 22.2. The second-order valence-electron chi connectivity index (χ2n) is 7.59. The number of nitrogens with zero attached hydrogens (tertiary/aromatic N) is 3. The zero-order chi connectivity index (χ0) is 19.3. The van der Waals surface area contributed by atoms with Crippen molar-refractivity contribution in [3.63, 3.8) is 0 Å². The van der Waals surface area contributed by atoms with Gasteiger partial charge in [-0.25, -0.2) is 0 Å². The van der Waals surface area contributed by atoms with Gasteiger partial charge in [-0.1, -0.05) is 12.5 Å². The van der Waals surface area contributed by atoms with Crippen molar-refractivity contribution in [1.29, 1.82) is 0 Å². The van der Waals surface area contributed by atoms with Gasteiger partial charge in [0.2, 0.25) is 0 Å². The van der Waals surface area contributed by atoms with Crippen LogP contribution >= 0.6 is 0 Å². The molecule has 2 fully saturated rings. The Labute approximate surface area is 166 Å². The molecule has 2 saturated heterocycles. The Morgan fingerprint density at radius 2 is 2.07 bits per heavy atom. The lowest BCUT2D eigenvalue weighted by molar-refractivity contribution is 0.00364. The molecular weight excluding hydrogens is 340 g/mol. The predicted octanol–water partition coefficient (Wildman–Crippen LogP) is 2.37. The Bertz CT molecular complexity index is 432. The summed E-state index contributed by atoms with van der Waals surface area (Å²) in [6.45, 7) is 14.1. The van der Waals surface area contributed by atoms with Gasteiger partial charge >= 0.3 is 0 Å². The van der Waals surface area contributed by atoms with E-state index in [2.05, 4.69) is 35.7 Å². The summed E-state index contributed by atoms with van der Waals surface area (Å²) in [5.41, 5.74) is 0. The zero-order valence-electron chi connectivity index (χ0n) is 17.5. The fourth-order valence-corrected chi connectivity index (χ4v) is 3.90. The lowest BCUT2D eigenvalue weighted by atomic mass is 9.97. The molecular formula is C21H40N4O2. The van der Waals surface area contributed by atoms with E-state index in [9.17, 15) is 0 Å². The number of ether oxygens (including phenoxy) is 2. The molecule has 2 atom stereocenters. The van der Waals surface area contributed by atoms with Gasteiger partial charge in [0.25, 0.3) is 0 Å². The molecule has 156 valence electrons. The van der Waals surface area contributed by atoms with Crippen molar-refractivity contribution >= 4 is 5.96 Å². The topological polar surface area (TPSA) is 49.3 Å². The summed E-state index contributed by atoms with van der Waals surface area (Å²) in [4.78, 5) is 9.86. The molecule has 2 aliphatic rings. The van der Waals surface area contributed by atoms with Gasteiger partial charge in [0.1, 0.15) is 0 Å². The smallest absolute Gasteiger partial charge is 0.193 e. The van der Waals surface area contributed by atoms with Crippen molar-refractivity contribution in [3.8, 4) is 0 Å². The van der Waals surface area contributed by atoms with Gasteiger partial charge in [-0.15, -0.1) is 6.58 Å². The van der Waals surface area contributed by atoms with Crippen LogP contribution in [0, 0.1) is 5.92 Å². The number of morpholine rings is 1. The number of unbranched alkanes of at least 4 members (excludes halogenated alkanes) is 3. The van der Waals surface area contributed by atoms with Crippen LogP contribution < -0.4 is 5.32 Å². The van der Waals surface area contributed by atoms with Crippen LogP contribution in [0.4, 0.5) is 0 Å². The third kappa shape index (κ3) is 7.80. The molecule has 6 nitrogen and oxygen atoms in total. The van der Waals surface area contributed by atoms with E-state index in [-0.39, 0.29) is 0 Å². The quantitative estimate of drug-likeness (QED) is 0.258. The molecule has 2 rings (SSSR count). The van der Waals surface area contributed by atoms with Gasteiger partial charge < -0.3 is 19.7 Å². The number of hydrogen-bond acceptors (Lipinski definition) is 4. The summed E-state index contributed by atoms with van der Waals surface area (Å²) in [7, 11) is 2.15. The van der Waals surface area contributed by atoms with Crippen molar-refractivity contribution in [1.82, 2.24) is 15.1 Å². The Hall–Kier alpha value is -1.11. The standard InChI is InChI=1S/C21H40N4O2/c1-4-6-7-8-9-11-24(3)21(22-5-2)23-17-20(19-10-14-27-18-19)25-12-15-26-16-13-25/h4,19-20H,1,5-18H2,2-3H3,(H,22,23). The highest BCUT2D eigenvalue weighted by molar-refractivity contribution is 5.79. The van der Waals surface area contributed by atoms with E-state index >= 15 is 0 Å². The summed E-state index contributed by atoms with van der Waals surface area (Å²) in [5, 5.41) is 3.47. The number of allylic oxidation sites excluding steroid dienone is 1. The van der Waals surface area contributed by atoms with Crippen LogP contribution in [0.15, 0.2) is 17.6 Å². The first-order chi connectivity index (χ1) is 13.3. The normalized spacial score (nSPS) is 22.6. The molecule has 0 amide bonds. The summed E-state index contributed by atoms with van der Waals surface area (Å²) in [5.74, 6) is 1.61. The van der Waals surface area contributed by atoms with Crippen molar-refractivity contribution in [3.05, 3.63) is 12.7 Å². The predicted molar refractivity (Wildman–Crippen MR) is 112 cm³/mol. The minimum Gasteiger partial charge on any atom is -0.381 e. The maximum Gasteiger partial charge on any atom is 0.193 e. The molecule has 0 bridgehead atoms. The largest absolute Gasteiger partial charge is 0.381 e. The summed E-state index contributed by atoms with van der Waals surface area (Å²) in [6, 6.07) is 0.450. The SMILES string of the molecule is C=CCCCCCN(C)C(=NCC(C1CCOC1)N1CCOCC1)NCC. The second-order valence-corrected chi connectivity index (χ2v) is 7.59. The molecule has 6 heteroatoms. The minimum absolute atomic E-state index is 0.450. The van der Waals surface area contributed by atoms with Crippen LogP contribution in [-0.4, -0.2) is 88.0 Å². The van der Waals surface area contributed by atoms with Crippen molar-refractivity contribution in [2.24, 2.45) is 10.9 Å². The first-order valence-corrected chi connectivity index (χ1v) is 10.8. The van der Waals surface area contributed by atoms with E-state index in [1.54, 1.807) is 0 Å². The fraction of sp³-hybridized carbons (Fsp3) is 0.857. The summed E-state index contributed by atoms with van der Waals surface area (Å²) >= 11 is 0. The van der Waals surface area contributed by atoms with Crippen LogP contribution in [0.1, 0.15) is 39.0 Å². The van der Waals surface area contributed by atoms with Crippen molar-refractivity contribution in [2.45, 2.75) is 45.1 Å². The Kier molecular flexibility index (Phi) is 10.8. The van der Waals surface area contributed by atoms with E-state index < -0.39 is 0 Å². The number of nitrogens with one attached hydrogen (secondary N) is 1. The van der Waals surface area contributed by atoms with Gasteiger partial charge in [-0.3, -0.25) is 9.89 Å². The van der Waals surface area contributed by atoms with E-state index in [4.69, 9.17) is 14.5 Å². The van der Waals surface area contributed by atoms with Crippen LogP contribution in [0.2, 0.25) is 0 Å². The highest BCUT2D eigenvalue weighted by Crippen LogP contribution is 2.22. The van der Waals surface area contributed by atoms with E-state index in [0.29, 0.717) is 12.0 Å². The van der Waals surface area contributed by atoms with Crippen molar-refractivity contribution < 1.29 is 9.47 Å². The second kappa shape index (κ2) is 13.1. The number of hydrogen-bond donors (Lipinski definition) is 1. The lowest BCUT2D eigenvalue weighted by Gasteiger charge is -2.37. The summed E-state index contributed by atoms with van der Waals surface area (Å²) < 4.78 is 11.2. The molecule has 2 aliphatic heterocycles. The maximum atomic E-state index is 5.68. The van der Waals surface area contributed by atoms with Gasteiger partial charge in [-0.2, -0.15) is 0 Å². The van der Waals surface area contributed by atoms with E-state index in [1.807, 2.05) is 6.08 Å². The monoisotopic (exact) mass is 380 g/mol. The highest BCUT2D eigenvalue weighted by Gasteiger charge is 2.31. The molecule has 0 aromatic heterocycles. The minimum atomic E-state index is 0.450. The van der Waals surface area contributed by atoms with Gasteiger partial charge in [0, 0.05) is 51.8 Å². The molecule has 2 unspecified atom stereocenters. The molecule has 0 aromatic carbocycles. The van der Waals surface area contributed by atoms with Gasteiger partial charge in [0.05, 0.1) is 26.4 Å². The Morgan fingerprint density at radius 1 is 1.26 bits per heavy atom. The van der Waals surface area contributed by atoms with Crippen LogP contribution in [0.5, 0.6) is 0 Å². The number of aliphatic imine (C=N–C) groups is 1. The van der Waals surface area contributed by atoms with Crippen molar-refractivity contribution in [2.75, 3.05) is 66.2 Å². The third-order valence-corrected chi connectivity index (χ3v) is 5.55. The van der Waals surface area contributed by atoms with E-state index in [0.717, 1.165) is 78.0 Å². The van der Waals surface area contributed by atoms with Crippen LogP contribution in [0.3, 0.4) is 0 Å². The molecule has 27 heavy (non-hydrogen) atoms. The number of guanidine groups is 1. The molecule has 1 N–H and O–H groups in total. The lowest BCUT2D eigenvalue weighted by Crippen LogP contribution is -2.49. The molecule has 0 aromatic rings. The Morgan fingerprint density at radius 3 is 2.74 bits per heavy atom. The van der Waals surface area contributed by atoms with Gasteiger partial charge in [0.15, 0.2) is 5.96 Å². The molecule has 2 heterocycles. The van der Waals surface area contributed by atoms with Crippen LogP contribution in [-0.2, 0) is 9.47 Å². The zero-order valence-corrected chi connectivity index (χ0v) is 17.5. The summed E-state index contributed by atoms with van der Waals surface area (Å²) in [6.07, 6.45) is 7.93. The average Bonchev–Trinajstić information content (AvgIpc) is 3.22. The van der Waals surface area contributed by atoms with E-state index in [1.165, 1.54) is 19.3 Å². The third-order valence-electron chi connectivity index (χ3n) is 5.55. The Balaban J connectivity index is 1.92. The molecule has 0 saturated carbocycles. The first-order valence-electron chi connectivity index (χ1n) is 10.8. The van der Waals surface area contributed by atoms with Crippen LogP contribution in [0.25, 0.3) is 0 Å². The molecule has 0 aliphatic carbocycles. The average molecular weight is 381 g/mol. The molecule has 0 spiro atoms. The maximum absolute atomic E-state index is 5.68. The van der Waals surface area contributed by atoms with Gasteiger partial charge in [-0.05, 0) is 32.6 Å². The highest BCUT2D eigenvalue weighted by atomic mass is 16.5. The fourth-order valence-electron chi connectivity index (χ4n) is 3.90.